The number of carbonyl (C=O) groups is 2. The molecule has 1 spiro atoms. The molecule has 5 rings (SSSR count). The van der Waals surface area contributed by atoms with Crippen molar-refractivity contribution in [3.05, 3.63) is 82.4 Å². The molecule has 2 aliphatic heterocycles. The van der Waals surface area contributed by atoms with E-state index in [1.165, 1.54) is 24.3 Å². The van der Waals surface area contributed by atoms with Gasteiger partial charge in [-0.1, -0.05) is 12.5 Å². The minimum absolute atomic E-state index is 0.0139. The van der Waals surface area contributed by atoms with Crippen molar-refractivity contribution in [2.75, 3.05) is 6.54 Å². The fraction of sp³-hybridized carbons (Fsp3) is 0.259. The Morgan fingerprint density at radius 3 is 2.23 bits per heavy atom. The first-order chi connectivity index (χ1) is 16.8. The van der Waals surface area contributed by atoms with E-state index in [0.29, 0.717) is 40.3 Å². The van der Waals surface area contributed by atoms with Crippen LogP contribution in [0.3, 0.4) is 0 Å². The molecule has 1 amide bonds. The number of esters is 1. The highest BCUT2D eigenvalue weighted by Gasteiger charge is 2.53. The number of carbonyl (C=O) groups excluding carboxylic acids is 2. The average Bonchev–Trinajstić information content (AvgIpc) is 3.10. The van der Waals surface area contributed by atoms with Gasteiger partial charge in [-0.05, 0) is 56.2 Å². The summed E-state index contributed by atoms with van der Waals surface area (Å²) in [5.41, 5.74) is 6.67. The lowest BCUT2D eigenvalue weighted by molar-refractivity contribution is 0.0224. The molecule has 2 aliphatic rings. The third-order valence-electron chi connectivity index (χ3n) is 6.41. The Morgan fingerprint density at radius 2 is 1.60 bits per heavy atom. The minimum atomic E-state index is -1.34. The quantitative estimate of drug-likeness (QED) is 0.315. The Morgan fingerprint density at radius 1 is 0.971 bits per heavy atom. The molecular weight excluding hydrogens is 448 g/mol. The number of unbranched alkanes of at least 4 members (excludes halogenated alkanes) is 1. The number of hydrogen-bond acceptors (Lipinski definition) is 7. The number of nitrogens with one attached hydrogen (secondary N) is 1. The molecule has 8 heteroatoms. The summed E-state index contributed by atoms with van der Waals surface area (Å²) in [6, 6.07) is 14.2. The Labute approximate surface area is 202 Å². The Bertz CT molecular complexity index is 1280. The van der Waals surface area contributed by atoms with Gasteiger partial charge in [0, 0.05) is 47.0 Å². The second-order valence-corrected chi connectivity index (χ2v) is 9.02. The molecule has 3 aromatic carbocycles. The predicted molar refractivity (Wildman–Crippen MR) is 128 cm³/mol. The number of fused-ring (bicyclic) bond motifs is 6. The van der Waals surface area contributed by atoms with Crippen molar-refractivity contribution in [1.82, 2.24) is 5.32 Å². The highest BCUT2D eigenvalue weighted by atomic mass is 16.6. The summed E-state index contributed by atoms with van der Waals surface area (Å²) in [5.74, 6) is -0.272. The van der Waals surface area contributed by atoms with Crippen LogP contribution in [-0.2, 0) is 10.3 Å². The highest BCUT2D eigenvalue weighted by Crippen LogP contribution is 2.57. The van der Waals surface area contributed by atoms with Gasteiger partial charge in [-0.2, -0.15) is 0 Å². The molecule has 2 heterocycles. The zero-order valence-corrected chi connectivity index (χ0v) is 19.2. The van der Waals surface area contributed by atoms with Crippen molar-refractivity contribution in [2.24, 2.45) is 5.73 Å². The lowest BCUT2D eigenvalue weighted by atomic mass is 9.77. The van der Waals surface area contributed by atoms with Gasteiger partial charge >= 0.3 is 5.97 Å². The van der Waals surface area contributed by atoms with Gasteiger partial charge < -0.3 is 30.7 Å². The monoisotopic (exact) mass is 474 g/mol. The lowest BCUT2D eigenvalue weighted by Crippen LogP contribution is -2.33. The molecule has 0 aliphatic carbocycles. The van der Waals surface area contributed by atoms with E-state index >= 15 is 0 Å². The van der Waals surface area contributed by atoms with Gasteiger partial charge in [0.15, 0.2) is 5.60 Å². The second-order valence-electron chi connectivity index (χ2n) is 9.02. The second kappa shape index (κ2) is 8.63. The average molecular weight is 475 g/mol. The zero-order valence-electron chi connectivity index (χ0n) is 19.2. The molecule has 0 saturated carbocycles. The van der Waals surface area contributed by atoms with Gasteiger partial charge in [0.25, 0.3) is 5.91 Å². The largest absolute Gasteiger partial charge is 0.508 e. The van der Waals surface area contributed by atoms with Crippen LogP contribution in [0.4, 0.5) is 0 Å². The Balaban J connectivity index is 1.52. The van der Waals surface area contributed by atoms with E-state index in [-0.39, 0.29) is 29.0 Å². The maximum Gasteiger partial charge on any atom is 0.340 e. The Kier molecular flexibility index (Phi) is 5.61. The summed E-state index contributed by atoms with van der Waals surface area (Å²) in [5, 5.41) is 22.9. The van der Waals surface area contributed by atoms with E-state index in [9.17, 15) is 19.8 Å². The molecule has 35 heavy (non-hydrogen) atoms. The van der Waals surface area contributed by atoms with Crippen molar-refractivity contribution in [3.8, 4) is 23.0 Å². The maximum atomic E-state index is 13.1. The number of aromatic hydroxyl groups is 2. The van der Waals surface area contributed by atoms with Crippen molar-refractivity contribution in [2.45, 2.75) is 37.8 Å². The third-order valence-corrected chi connectivity index (χ3v) is 6.41. The number of ether oxygens (including phenoxy) is 2. The van der Waals surface area contributed by atoms with Crippen LogP contribution in [0.2, 0.25) is 0 Å². The standard InChI is InChI=1S/C27H26N2O6/c1-15(28)4-2-3-11-29-25(32)16-5-8-20-19(12-16)26(33)35-27(20)21-9-6-17(30)13-23(21)34-24-14-18(31)7-10-22(24)27/h5-10,12-15,30-31H,2-4,11,28H2,1H3,(H,29,32)/t15-/m1/s1. The molecule has 1 atom stereocenters. The van der Waals surface area contributed by atoms with Crippen molar-refractivity contribution in [3.63, 3.8) is 0 Å². The van der Waals surface area contributed by atoms with E-state index in [1.54, 1.807) is 30.3 Å². The number of nitrogens with two attached hydrogens (primary N) is 1. The van der Waals surface area contributed by atoms with Crippen LogP contribution in [0, 0.1) is 0 Å². The van der Waals surface area contributed by atoms with E-state index in [0.717, 1.165) is 19.3 Å². The predicted octanol–water partition coefficient (Wildman–Crippen LogP) is 3.91. The number of phenols is 2. The normalized spacial score (nSPS) is 15.4. The molecule has 3 aromatic rings. The summed E-state index contributed by atoms with van der Waals surface area (Å²) >= 11 is 0. The van der Waals surface area contributed by atoms with E-state index in [4.69, 9.17) is 15.2 Å². The topological polar surface area (TPSA) is 131 Å². The molecule has 180 valence electrons. The molecule has 0 saturated heterocycles. The smallest absolute Gasteiger partial charge is 0.340 e. The summed E-state index contributed by atoms with van der Waals surface area (Å²) in [7, 11) is 0. The maximum absolute atomic E-state index is 13.1. The first-order valence-electron chi connectivity index (χ1n) is 11.6. The molecule has 0 bridgehead atoms. The third kappa shape index (κ3) is 3.85. The van der Waals surface area contributed by atoms with Crippen molar-refractivity contribution in [1.29, 1.82) is 0 Å². The first kappa shape index (κ1) is 22.7. The van der Waals surface area contributed by atoms with Gasteiger partial charge in [0.2, 0.25) is 0 Å². The fourth-order valence-corrected chi connectivity index (χ4v) is 4.74. The molecular formula is C27H26N2O6. The molecule has 0 unspecified atom stereocenters. The van der Waals surface area contributed by atoms with Gasteiger partial charge in [0.05, 0.1) is 5.56 Å². The molecule has 8 nitrogen and oxygen atoms in total. The minimum Gasteiger partial charge on any atom is -0.508 e. The summed E-state index contributed by atoms with van der Waals surface area (Å²) < 4.78 is 12.0. The van der Waals surface area contributed by atoms with Crippen LogP contribution >= 0.6 is 0 Å². The fourth-order valence-electron chi connectivity index (χ4n) is 4.74. The highest BCUT2D eigenvalue weighted by molar-refractivity contribution is 6.01. The number of rotatable bonds is 6. The van der Waals surface area contributed by atoms with Gasteiger partial charge in [-0.15, -0.1) is 0 Å². The van der Waals surface area contributed by atoms with E-state index in [1.807, 2.05) is 6.92 Å². The zero-order chi connectivity index (χ0) is 24.7. The van der Waals surface area contributed by atoms with Gasteiger partial charge in [-0.25, -0.2) is 4.79 Å². The summed E-state index contributed by atoms with van der Waals surface area (Å²) in [6.07, 6.45) is 2.63. The molecule has 0 aromatic heterocycles. The first-order valence-corrected chi connectivity index (χ1v) is 11.6. The molecule has 0 radical (unpaired) electrons. The number of phenolic OH excluding ortho intramolecular Hbond substituents is 2. The SMILES string of the molecule is C[C@@H](N)CCCCNC(=O)c1ccc2c(c1)C(=O)OC21c2ccc(O)cc2Oc2cc(O)ccc21. The number of hydrogen-bond donors (Lipinski definition) is 4. The van der Waals surface area contributed by atoms with Crippen LogP contribution in [-0.4, -0.2) is 34.7 Å². The van der Waals surface area contributed by atoms with Gasteiger partial charge in [0.1, 0.15) is 23.0 Å². The number of benzene rings is 3. The van der Waals surface area contributed by atoms with E-state index in [2.05, 4.69) is 5.32 Å². The van der Waals surface area contributed by atoms with Gasteiger partial charge in [-0.3, -0.25) is 4.79 Å². The van der Waals surface area contributed by atoms with Crippen LogP contribution < -0.4 is 15.8 Å². The van der Waals surface area contributed by atoms with Crippen molar-refractivity contribution < 1.29 is 29.3 Å². The van der Waals surface area contributed by atoms with E-state index < -0.39 is 11.6 Å². The Hall–Kier alpha value is -4.04. The molecule has 0 fully saturated rings. The van der Waals surface area contributed by atoms with Crippen LogP contribution in [0.1, 0.15) is 63.6 Å². The lowest BCUT2D eigenvalue weighted by Gasteiger charge is -2.36. The van der Waals surface area contributed by atoms with Crippen molar-refractivity contribution >= 4 is 11.9 Å². The summed E-state index contributed by atoms with van der Waals surface area (Å²) in [6.45, 7) is 2.47. The summed E-state index contributed by atoms with van der Waals surface area (Å²) in [4.78, 5) is 25.8. The van der Waals surface area contributed by atoms with Crippen LogP contribution in [0.5, 0.6) is 23.0 Å². The van der Waals surface area contributed by atoms with Crippen LogP contribution in [0.15, 0.2) is 54.6 Å². The van der Waals surface area contributed by atoms with Crippen LogP contribution in [0.25, 0.3) is 0 Å². The molecule has 5 N–H and O–H groups in total. The number of amides is 1.